The quantitative estimate of drug-likeness (QED) is 0.667. The van der Waals surface area contributed by atoms with Crippen molar-refractivity contribution in [2.24, 2.45) is 5.73 Å². The summed E-state index contributed by atoms with van der Waals surface area (Å²) in [5, 5.41) is 2.61. The minimum atomic E-state index is -0.637. The molecular formula is C13H15N5O4. The largest absolute Gasteiger partial charge is 0.451 e. The minimum absolute atomic E-state index is 0.163. The molecular weight excluding hydrogens is 290 g/mol. The molecule has 0 aliphatic rings. The van der Waals surface area contributed by atoms with Crippen molar-refractivity contribution in [1.82, 2.24) is 20.2 Å². The molecule has 2 aromatic heterocycles. The first-order valence-electron chi connectivity index (χ1n) is 6.39. The van der Waals surface area contributed by atoms with Gasteiger partial charge in [0.2, 0.25) is 0 Å². The second-order valence-electron chi connectivity index (χ2n) is 4.52. The van der Waals surface area contributed by atoms with Crippen molar-refractivity contribution in [2.45, 2.75) is 0 Å². The van der Waals surface area contributed by atoms with Crippen LogP contribution in [-0.2, 0) is 0 Å². The molecule has 9 heteroatoms. The highest BCUT2D eigenvalue weighted by atomic mass is 16.3. The van der Waals surface area contributed by atoms with Crippen LogP contribution in [0.2, 0.25) is 0 Å². The number of rotatable bonds is 6. The van der Waals surface area contributed by atoms with Crippen LogP contribution in [0, 0.1) is 0 Å². The molecule has 2 aromatic rings. The van der Waals surface area contributed by atoms with Gasteiger partial charge in [0.05, 0.1) is 5.56 Å². The van der Waals surface area contributed by atoms with E-state index in [9.17, 15) is 14.4 Å². The lowest BCUT2D eigenvalue weighted by Crippen LogP contribution is -2.36. The van der Waals surface area contributed by atoms with Crippen LogP contribution in [0.15, 0.2) is 29.3 Å². The van der Waals surface area contributed by atoms with Crippen molar-refractivity contribution < 1.29 is 18.8 Å². The molecule has 0 saturated carbocycles. The summed E-state index contributed by atoms with van der Waals surface area (Å²) in [6.07, 6.45) is 3.80. The summed E-state index contributed by atoms with van der Waals surface area (Å²) in [7, 11) is 1.58. The van der Waals surface area contributed by atoms with E-state index in [2.05, 4.69) is 15.3 Å². The molecule has 0 radical (unpaired) electrons. The van der Waals surface area contributed by atoms with Gasteiger partial charge in [0.15, 0.2) is 12.1 Å². The molecule has 0 bridgehead atoms. The Kier molecular flexibility index (Phi) is 4.57. The van der Waals surface area contributed by atoms with Crippen molar-refractivity contribution in [3.8, 4) is 0 Å². The molecule has 0 spiro atoms. The number of aromatic amines is 1. The molecule has 3 amide bonds. The summed E-state index contributed by atoms with van der Waals surface area (Å²) in [6.45, 7) is 0.542. The zero-order valence-electron chi connectivity index (χ0n) is 11.8. The summed E-state index contributed by atoms with van der Waals surface area (Å²) in [5.41, 5.74) is 5.76. The van der Waals surface area contributed by atoms with Crippen LogP contribution in [0.1, 0.15) is 31.3 Å². The van der Waals surface area contributed by atoms with Gasteiger partial charge < -0.3 is 25.4 Å². The fourth-order valence-electron chi connectivity index (χ4n) is 1.73. The summed E-state index contributed by atoms with van der Waals surface area (Å²) >= 11 is 0. The zero-order chi connectivity index (χ0) is 16.1. The highest BCUT2D eigenvalue weighted by molar-refractivity contribution is 5.98. The molecule has 0 saturated heterocycles. The Morgan fingerprint density at radius 3 is 2.82 bits per heavy atom. The standard InChI is InChI=1S/C13H15N5O4/c1-18(3-2-15-12(20)10-6-22-7-17-10)13(21)8-4-9(11(14)19)16-5-8/h4-7,16H,2-3H2,1H3,(H2,14,19)(H,15,20). The Balaban J connectivity index is 1.83. The topological polar surface area (TPSA) is 134 Å². The Bertz CT molecular complexity index is 676. The maximum atomic E-state index is 12.1. The average molecular weight is 305 g/mol. The molecule has 0 aromatic carbocycles. The van der Waals surface area contributed by atoms with E-state index in [0.29, 0.717) is 12.1 Å². The van der Waals surface area contributed by atoms with E-state index in [4.69, 9.17) is 10.2 Å². The second kappa shape index (κ2) is 6.57. The number of likely N-dealkylation sites (N-methyl/N-ethyl adjacent to an activating group) is 1. The van der Waals surface area contributed by atoms with Crippen LogP contribution >= 0.6 is 0 Å². The van der Waals surface area contributed by atoms with Crippen LogP contribution in [0.5, 0.6) is 0 Å². The predicted octanol–water partition coefficient (Wildman–Crippen LogP) is -0.396. The number of aromatic nitrogens is 2. The van der Waals surface area contributed by atoms with Gasteiger partial charge in [-0.3, -0.25) is 14.4 Å². The van der Waals surface area contributed by atoms with E-state index in [1.54, 1.807) is 7.05 Å². The van der Waals surface area contributed by atoms with Crippen LogP contribution < -0.4 is 11.1 Å². The molecule has 9 nitrogen and oxygen atoms in total. The van der Waals surface area contributed by atoms with Crippen LogP contribution in [-0.4, -0.2) is 52.7 Å². The number of oxazole rings is 1. The highest BCUT2D eigenvalue weighted by Crippen LogP contribution is 2.06. The Labute approximate surface area is 125 Å². The highest BCUT2D eigenvalue weighted by Gasteiger charge is 2.15. The van der Waals surface area contributed by atoms with E-state index in [1.165, 1.54) is 23.4 Å². The lowest BCUT2D eigenvalue weighted by Gasteiger charge is -2.16. The fourth-order valence-corrected chi connectivity index (χ4v) is 1.73. The molecule has 2 rings (SSSR count). The van der Waals surface area contributed by atoms with E-state index in [-0.39, 0.29) is 29.7 Å². The summed E-state index contributed by atoms with van der Waals surface area (Å²) in [6, 6.07) is 1.38. The van der Waals surface area contributed by atoms with Gasteiger partial charge >= 0.3 is 0 Å². The molecule has 0 aliphatic heterocycles. The number of primary amides is 1. The van der Waals surface area contributed by atoms with Crippen LogP contribution in [0.3, 0.4) is 0 Å². The predicted molar refractivity (Wildman–Crippen MR) is 75.1 cm³/mol. The van der Waals surface area contributed by atoms with Gasteiger partial charge in [-0.05, 0) is 6.07 Å². The van der Waals surface area contributed by atoms with Gasteiger partial charge in [-0.25, -0.2) is 4.98 Å². The van der Waals surface area contributed by atoms with Crippen molar-refractivity contribution in [3.05, 3.63) is 41.9 Å². The van der Waals surface area contributed by atoms with Gasteiger partial charge in [-0.15, -0.1) is 0 Å². The summed E-state index contributed by atoms with van der Waals surface area (Å²) in [5.74, 6) is -1.31. The Morgan fingerprint density at radius 1 is 1.45 bits per heavy atom. The van der Waals surface area contributed by atoms with Gasteiger partial charge in [-0.2, -0.15) is 0 Å². The molecule has 4 N–H and O–H groups in total. The zero-order valence-corrected chi connectivity index (χ0v) is 11.8. The van der Waals surface area contributed by atoms with Gasteiger partial charge in [0, 0.05) is 26.3 Å². The number of H-pyrrole nitrogens is 1. The lowest BCUT2D eigenvalue weighted by atomic mass is 10.2. The maximum absolute atomic E-state index is 12.1. The Hall–Kier alpha value is -3.10. The molecule has 116 valence electrons. The molecule has 0 fully saturated rings. The smallest absolute Gasteiger partial charge is 0.273 e. The number of amides is 3. The van der Waals surface area contributed by atoms with Gasteiger partial charge in [0.1, 0.15) is 12.0 Å². The number of hydrogen-bond donors (Lipinski definition) is 3. The van der Waals surface area contributed by atoms with E-state index < -0.39 is 5.91 Å². The van der Waals surface area contributed by atoms with Crippen molar-refractivity contribution in [1.29, 1.82) is 0 Å². The van der Waals surface area contributed by atoms with Crippen LogP contribution in [0.4, 0.5) is 0 Å². The van der Waals surface area contributed by atoms with E-state index in [1.807, 2.05) is 0 Å². The normalized spacial score (nSPS) is 10.2. The van der Waals surface area contributed by atoms with E-state index >= 15 is 0 Å². The number of hydrogen-bond acceptors (Lipinski definition) is 5. The molecule has 0 atom stereocenters. The monoisotopic (exact) mass is 305 g/mol. The van der Waals surface area contributed by atoms with Crippen molar-refractivity contribution >= 4 is 17.7 Å². The Morgan fingerprint density at radius 2 is 2.23 bits per heavy atom. The third kappa shape index (κ3) is 3.51. The number of nitrogens with zero attached hydrogens (tertiary/aromatic N) is 2. The second-order valence-corrected chi connectivity index (χ2v) is 4.52. The molecule has 2 heterocycles. The van der Waals surface area contributed by atoms with Crippen molar-refractivity contribution in [2.75, 3.05) is 20.1 Å². The third-order valence-electron chi connectivity index (χ3n) is 2.94. The number of carbonyl (C=O) groups excluding carboxylic acids is 3. The van der Waals surface area contributed by atoms with Crippen LogP contribution in [0.25, 0.3) is 0 Å². The van der Waals surface area contributed by atoms with Crippen molar-refractivity contribution in [3.63, 3.8) is 0 Å². The minimum Gasteiger partial charge on any atom is -0.451 e. The summed E-state index contributed by atoms with van der Waals surface area (Å²) < 4.78 is 4.70. The first kappa shape index (κ1) is 15.3. The number of nitrogens with one attached hydrogen (secondary N) is 2. The third-order valence-corrected chi connectivity index (χ3v) is 2.94. The SMILES string of the molecule is CN(CCNC(=O)c1cocn1)C(=O)c1c[nH]c(C(N)=O)c1. The van der Waals surface area contributed by atoms with Gasteiger partial charge in [0.25, 0.3) is 17.7 Å². The lowest BCUT2D eigenvalue weighted by molar-refractivity contribution is 0.0787. The number of carbonyl (C=O) groups is 3. The molecule has 0 aliphatic carbocycles. The average Bonchev–Trinajstić information content (AvgIpc) is 3.17. The van der Waals surface area contributed by atoms with Gasteiger partial charge in [-0.1, -0.05) is 0 Å². The first-order chi connectivity index (χ1) is 10.5. The fraction of sp³-hybridized carbons (Fsp3) is 0.231. The summed E-state index contributed by atoms with van der Waals surface area (Å²) in [4.78, 5) is 42.4. The number of nitrogens with two attached hydrogens (primary N) is 1. The molecule has 22 heavy (non-hydrogen) atoms. The maximum Gasteiger partial charge on any atom is 0.273 e. The first-order valence-corrected chi connectivity index (χ1v) is 6.39. The van der Waals surface area contributed by atoms with E-state index in [0.717, 1.165) is 6.39 Å². The molecule has 0 unspecified atom stereocenters.